The number of aliphatic hydroxyl groups is 1. The van der Waals surface area contributed by atoms with Gasteiger partial charge >= 0.3 is 0 Å². The summed E-state index contributed by atoms with van der Waals surface area (Å²) in [4.78, 5) is 13.4. The molecular formula is C15H22O2S. The van der Waals surface area contributed by atoms with Crippen LogP contribution in [0, 0.1) is 11.8 Å². The minimum absolute atomic E-state index is 0.0824. The van der Waals surface area contributed by atoms with E-state index in [1.54, 1.807) is 18.3 Å². The number of hydrogen-bond donors (Lipinski definition) is 1. The smallest absolute Gasteiger partial charge is 0.169 e. The Labute approximate surface area is 113 Å². The first kappa shape index (κ1) is 13.8. The summed E-state index contributed by atoms with van der Waals surface area (Å²) in [6.45, 7) is 3.79. The number of Topliss-reactive ketones (excluding diaryl/α,β-unsaturated/α-hetero) is 1. The minimum atomic E-state index is -0.0824. The Balaban J connectivity index is 1.76. The van der Waals surface area contributed by atoms with Crippen LogP contribution in [0.3, 0.4) is 0 Å². The summed E-state index contributed by atoms with van der Waals surface area (Å²) < 4.78 is 0. The molecule has 1 heterocycles. The fourth-order valence-electron chi connectivity index (χ4n) is 2.87. The van der Waals surface area contributed by atoms with Crippen LogP contribution in [0.4, 0.5) is 0 Å². The summed E-state index contributed by atoms with van der Waals surface area (Å²) in [7, 11) is 0. The Kier molecular flexibility index (Phi) is 4.57. The van der Waals surface area contributed by atoms with Gasteiger partial charge in [-0.15, -0.1) is 11.3 Å². The summed E-state index contributed by atoms with van der Waals surface area (Å²) in [5.74, 6) is 1.31. The molecule has 2 nitrogen and oxygen atoms in total. The molecule has 0 saturated heterocycles. The molecule has 100 valence electrons. The van der Waals surface area contributed by atoms with Crippen LogP contribution in [-0.4, -0.2) is 17.0 Å². The second-order valence-corrected chi connectivity index (χ2v) is 6.65. The maximum atomic E-state index is 11.2. The third kappa shape index (κ3) is 3.21. The van der Waals surface area contributed by atoms with Gasteiger partial charge in [0.1, 0.15) is 0 Å². The average molecular weight is 266 g/mol. The highest BCUT2D eigenvalue weighted by Gasteiger charge is 2.30. The molecule has 1 aromatic rings. The first-order chi connectivity index (χ1) is 8.58. The molecule has 0 amide bonds. The maximum absolute atomic E-state index is 11.2. The van der Waals surface area contributed by atoms with Crippen molar-refractivity contribution in [2.45, 2.75) is 52.1 Å². The van der Waals surface area contributed by atoms with Gasteiger partial charge in [0.2, 0.25) is 0 Å². The molecule has 0 radical (unpaired) electrons. The Morgan fingerprint density at radius 3 is 2.78 bits per heavy atom. The average Bonchev–Trinajstić information content (AvgIpc) is 2.91. The van der Waals surface area contributed by atoms with E-state index in [-0.39, 0.29) is 11.9 Å². The van der Waals surface area contributed by atoms with Crippen molar-refractivity contribution in [3.8, 4) is 0 Å². The van der Waals surface area contributed by atoms with Crippen LogP contribution in [-0.2, 0) is 6.42 Å². The maximum Gasteiger partial charge on any atom is 0.169 e. The molecule has 1 N–H and O–H groups in total. The van der Waals surface area contributed by atoms with Crippen molar-refractivity contribution >= 4 is 17.1 Å². The van der Waals surface area contributed by atoms with E-state index in [4.69, 9.17) is 0 Å². The molecule has 3 unspecified atom stereocenters. The van der Waals surface area contributed by atoms with E-state index in [2.05, 4.69) is 13.0 Å². The van der Waals surface area contributed by atoms with E-state index in [1.807, 2.05) is 6.07 Å². The van der Waals surface area contributed by atoms with E-state index >= 15 is 0 Å². The number of hydrogen-bond acceptors (Lipinski definition) is 3. The Morgan fingerprint density at radius 2 is 2.22 bits per heavy atom. The van der Waals surface area contributed by atoms with Gasteiger partial charge in [0.25, 0.3) is 0 Å². The standard InChI is InChI=1S/C15H22O2S/c1-10-12(6-8-14(10)17)4-3-5-13-7-9-15(18-13)11(2)16/h7,9-10,12,14,17H,3-6,8H2,1-2H3. The largest absolute Gasteiger partial charge is 0.393 e. The first-order valence-electron chi connectivity index (χ1n) is 6.85. The molecule has 1 aliphatic carbocycles. The lowest BCUT2D eigenvalue weighted by atomic mass is 9.91. The summed E-state index contributed by atoms with van der Waals surface area (Å²) in [6, 6.07) is 4.01. The van der Waals surface area contributed by atoms with Crippen LogP contribution in [0.1, 0.15) is 54.1 Å². The summed E-state index contributed by atoms with van der Waals surface area (Å²) in [5.41, 5.74) is 0. The van der Waals surface area contributed by atoms with Crippen molar-refractivity contribution in [2.75, 3.05) is 0 Å². The van der Waals surface area contributed by atoms with Crippen LogP contribution in [0.5, 0.6) is 0 Å². The van der Waals surface area contributed by atoms with Crippen LogP contribution in [0.15, 0.2) is 12.1 Å². The second kappa shape index (κ2) is 5.98. The van der Waals surface area contributed by atoms with Crippen molar-refractivity contribution in [1.29, 1.82) is 0 Å². The zero-order valence-corrected chi connectivity index (χ0v) is 12.0. The Hall–Kier alpha value is -0.670. The van der Waals surface area contributed by atoms with Gasteiger partial charge in [-0.2, -0.15) is 0 Å². The topological polar surface area (TPSA) is 37.3 Å². The normalized spacial score (nSPS) is 27.6. The van der Waals surface area contributed by atoms with Gasteiger partial charge < -0.3 is 5.11 Å². The number of carbonyl (C=O) groups is 1. The van der Waals surface area contributed by atoms with Gasteiger partial charge in [-0.1, -0.05) is 6.92 Å². The van der Waals surface area contributed by atoms with Crippen molar-refractivity contribution in [3.63, 3.8) is 0 Å². The van der Waals surface area contributed by atoms with E-state index < -0.39 is 0 Å². The van der Waals surface area contributed by atoms with Gasteiger partial charge in [-0.25, -0.2) is 0 Å². The number of thiophene rings is 1. The number of ketones is 1. The SMILES string of the molecule is CC(=O)c1ccc(CCCC2CCC(O)C2C)s1. The molecule has 0 spiro atoms. The molecule has 1 aliphatic rings. The van der Waals surface area contributed by atoms with Crippen LogP contribution >= 0.6 is 11.3 Å². The van der Waals surface area contributed by atoms with Gasteiger partial charge in [-0.3, -0.25) is 4.79 Å². The number of aliphatic hydroxyl groups excluding tert-OH is 1. The van der Waals surface area contributed by atoms with Crippen molar-refractivity contribution < 1.29 is 9.90 Å². The van der Waals surface area contributed by atoms with Crippen molar-refractivity contribution in [2.24, 2.45) is 11.8 Å². The predicted octanol–water partition coefficient (Wildman–Crippen LogP) is 3.68. The molecule has 0 aliphatic heterocycles. The predicted molar refractivity (Wildman–Crippen MR) is 75.2 cm³/mol. The van der Waals surface area contributed by atoms with Gasteiger partial charge in [0.15, 0.2) is 5.78 Å². The quantitative estimate of drug-likeness (QED) is 0.825. The van der Waals surface area contributed by atoms with Crippen molar-refractivity contribution in [3.05, 3.63) is 21.9 Å². The summed E-state index contributed by atoms with van der Waals surface area (Å²) in [6.07, 6.45) is 5.49. The van der Waals surface area contributed by atoms with E-state index in [0.29, 0.717) is 11.8 Å². The lowest BCUT2D eigenvalue weighted by Gasteiger charge is -2.16. The highest BCUT2D eigenvalue weighted by molar-refractivity contribution is 7.14. The molecule has 3 atom stereocenters. The molecule has 1 fully saturated rings. The summed E-state index contributed by atoms with van der Waals surface area (Å²) >= 11 is 1.63. The molecule has 0 bridgehead atoms. The highest BCUT2D eigenvalue weighted by Crippen LogP contribution is 2.35. The second-order valence-electron chi connectivity index (χ2n) is 5.48. The number of rotatable bonds is 5. The molecule has 2 rings (SSSR count). The van der Waals surface area contributed by atoms with Gasteiger partial charge in [0, 0.05) is 4.88 Å². The number of carbonyl (C=O) groups excluding carboxylic acids is 1. The van der Waals surface area contributed by atoms with Crippen LogP contribution < -0.4 is 0 Å². The monoisotopic (exact) mass is 266 g/mol. The lowest BCUT2D eigenvalue weighted by Crippen LogP contribution is -2.15. The molecule has 0 aromatic carbocycles. The first-order valence-corrected chi connectivity index (χ1v) is 7.67. The highest BCUT2D eigenvalue weighted by atomic mass is 32.1. The van der Waals surface area contributed by atoms with E-state index in [9.17, 15) is 9.90 Å². The third-order valence-electron chi connectivity index (χ3n) is 4.19. The molecule has 1 aromatic heterocycles. The molecule has 3 heteroatoms. The fourth-order valence-corrected chi connectivity index (χ4v) is 3.82. The fraction of sp³-hybridized carbons (Fsp3) is 0.667. The van der Waals surface area contributed by atoms with Gasteiger partial charge in [0.05, 0.1) is 11.0 Å². The van der Waals surface area contributed by atoms with Crippen molar-refractivity contribution in [1.82, 2.24) is 0 Å². The zero-order chi connectivity index (χ0) is 13.1. The Bertz CT molecular complexity index is 410. The lowest BCUT2D eigenvalue weighted by molar-refractivity contribution is 0.102. The third-order valence-corrected chi connectivity index (χ3v) is 5.44. The van der Waals surface area contributed by atoms with Gasteiger partial charge in [-0.05, 0) is 63.0 Å². The van der Waals surface area contributed by atoms with E-state index in [0.717, 1.165) is 17.7 Å². The minimum Gasteiger partial charge on any atom is -0.393 e. The molecule has 18 heavy (non-hydrogen) atoms. The van der Waals surface area contributed by atoms with Crippen LogP contribution in [0.25, 0.3) is 0 Å². The zero-order valence-electron chi connectivity index (χ0n) is 11.2. The molecular weight excluding hydrogens is 244 g/mol. The van der Waals surface area contributed by atoms with E-state index in [1.165, 1.54) is 24.1 Å². The Morgan fingerprint density at radius 1 is 1.44 bits per heavy atom. The summed E-state index contributed by atoms with van der Waals surface area (Å²) in [5, 5.41) is 9.71. The number of aryl methyl sites for hydroxylation is 1. The molecule has 1 saturated carbocycles. The van der Waals surface area contributed by atoms with Crippen LogP contribution in [0.2, 0.25) is 0 Å².